The van der Waals surface area contributed by atoms with E-state index in [4.69, 9.17) is 20.9 Å². The molecule has 5 aliphatic carbocycles. The molecule has 12 atom stereocenters. The van der Waals surface area contributed by atoms with Gasteiger partial charge in [-0.3, -0.25) is 38.9 Å². The van der Waals surface area contributed by atoms with E-state index in [-0.39, 0.29) is 91.8 Å². The number of urea groups is 1. The molecule has 3 unspecified atom stereocenters. The normalized spacial score (nSPS) is 25.5. The molecule has 8 rings (SSSR count). The fourth-order valence-electron chi connectivity index (χ4n) is 16.5. The van der Waals surface area contributed by atoms with Crippen LogP contribution in [0.15, 0.2) is 73.3 Å². The van der Waals surface area contributed by atoms with Crippen molar-refractivity contribution in [3.8, 4) is 5.75 Å². The third kappa shape index (κ3) is 18.5. The summed E-state index contributed by atoms with van der Waals surface area (Å²) in [4.78, 5) is 121. The Morgan fingerprint density at radius 1 is 0.639 bits per heavy atom. The number of fused-ring (bicyclic) bond motifs is 6. The van der Waals surface area contributed by atoms with E-state index in [0.29, 0.717) is 55.6 Å². The number of primary amides is 1. The second-order valence-electron chi connectivity index (χ2n) is 29.1. The lowest BCUT2D eigenvalue weighted by molar-refractivity contribution is -0.150. The van der Waals surface area contributed by atoms with E-state index in [0.717, 1.165) is 93.7 Å². The standard InChI is InChI=1S/C74H106N10O13/c1-8-47-18-11-9-10-12-21-58(47)96-44-61(87)77-38-14-13-19-55(75)63(88)83-62(45(2)3)66(91)81-56(20-15-39-78-69(76)94)64(89)79-50-28-22-46(23-29-50)43-97-70(95)82-57(42-85)65(90)80-51-30-24-48-26-32-59-71(4,53(48)40-51)34-16-36-73(59,6)67(92)84-68(93)74(7)37-17-35-72(5)54-41-52(86)31-25-49(54)27-33-60(72)74/h8,22-25,28-31,40-41,45,47,55-60,62,85-86H,1,9-21,26-27,32-39,42-44,75H2,2-7H3,(H,77,87)(H,79,89)(H,80,90)(H,81,91)(H,82,95)(H,83,88)(H3,76,78,94)(H,84,92,93)/t47?,55-,56?,57+,58?,59-,60-,62+,71-,72-,73+,74+/m1/s1. The lowest BCUT2D eigenvalue weighted by Crippen LogP contribution is -2.60. The molecule has 14 N–H and O–H groups in total. The van der Waals surface area contributed by atoms with Gasteiger partial charge in [0.05, 0.1) is 29.6 Å². The molecule has 10 amide bonds. The van der Waals surface area contributed by atoms with Crippen LogP contribution in [0.1, 0.15) is 191 Å². The van der Waals surface area contributed by atoms with Gasteiger partial charge in [-0.1, -0.05) is 110 Å². The summed E-state index contributed by atoms with van der Waals surface area (Å²) < 4.78 is 11.5. The van der Waals surface area contributed by atoms with Crippen LogP contribution in [0.2, 0.25) is 0 Å². The van der Waals surface area contributed by atoms with Crippen LogP contribution in [-0.2, 0) is 73.3 Å². The fourth-order valence-corrected chi connectivity index (χ4v) is 16.5. The van der Waals surface area contributed by atoms with Crippen LogP contribution in [-0.4, -0.2) is 120 Å². The number of rotatable bonds is 28. The number of aliphatic hydroxyl groups excluding tert-OH is 1. The number of imide groups is 1. The number of hydrogen-bond donors (Lipinski definition) is 12. The molecule has 3 aromatic carbocycles. The van der Waals surface area contributed by atoms with Gasteiger partial charge >= 0.3 is 12.1 Å². The molecule has 0 spiro atoms. The molecule has 0 aliphatic heterocycles. The Balaban J connectivity index is 0.795. The number of aromatic hydroxyl groups is 1. The van der Waals surface area contributed by atoms with Gasteiger partial charge in [-0.25, -0.2) is 9.59 Å². The van der Waals surface area contributed by atoms with Gasteiger partial charge in [-0.05, 0) is 189 Å². The van der Waals surface area contributed by atoms with Crippen molar-refractivity contribution >= 4 is 64.8 Å². The van der Waals surface area contributed by atoms with Gasteiger partial charge in [0.2, 0.25) is 41.4 Å². The highest BCUT2D eigenvalue weighted by Crippen LogP contribution is 2.60. The Morgan fingerprint density at radius 2 is 1.23 bits per heavy atom. The molecular weight excluding hydrogens is 1240 g/mol. The average molecular weight is 1340 g/mol. The zero-order valence-corrected chi connectivity index (χ0v) is 57.7. The van der Waals surface area contributed by atoms with Crippen molar-refractivity contribution in [2.75, 3.05) is 36.9 Å². The summed E-state index contributed by atoms with van der Waals surface area (Å²) in [6.07, 6.45) is 16.6. The van der Waals surface area contributed by atoms with Crippen molar-refractivity contribution in [2.24, 2.45) is 46.0 Å². The zero-order chi connectivity index (χ0) is 70.2. The molecular formula is C74H106N10O13. The number of unbranched alkanes of at least 4 members (excludes halogenated alkanes) is 1. The van der Waals surface area contributed by atoms with Crippen molar-refractivity contribution < 1.29 is 62.8 Å². The van der Waals surface area contributed by atoms with Gasteiger partial charge in [0.15, 0.2) is 0 Å². The van der Waals surface area contributed by atoms with Gasteiger partial charge in [-0.2, -0.15) is 0 Å². The number of alkyl carbamates (subject to hydrolysis) is 1. The van der Waals surface area contributed by atoms with E-state index in [1.54, 1.807) is 50.2 Å². The Hall–Kier alpha value is -7.89. The first-order valence-electron chi connectivity index (χ1n) is 35.2. The molecule has 5 aliphatic rings. The van der Waals surface area contributed by atoms with Crippen molar-refractivity contribution in [1.29, 1.82) is 0 Å². The number of aliphatic hydroxyl groups is 1. The molecule has 0 bridgehead atoms. The maximum atomic E-state index is 14.8. The number of phenols is 1. The number of hydrogen-bond acceptors (Lipinski definition) is 14. The molecule has 0 saturated heterocycles. The first-order valence-corrected chi connectivity index (χ1v) is 35.2. The highest BCUT2D eigenvalue weighted by atomic mass is 16.5. The van der Waals surface area contributed by atoms with E-state index in [1.165, 1.54) is 12.0 Å². The van der Waals surface area contributed by atoms with Crippen molar-refractivity contribution in [2.45, 2.75) is 224 Å². The molecule has 530 valence electrons. The minimum Gasteiger partial charge on any atom is -0.508 e. The van der Waals surface area contributed by atoms with E-state index in [9.17, 15) is 53.4 Å². The van der Waals surface area contributed by atoms with Crippen LogP contribution < -0.4 is 54.0 Å². The number of benzene rings is 3. The maximum absolute atomic E-state index is 14.8. The monoisotopic (exact) mass is 1340 g/mol. The van der Waals surface area contributed by atoms with Gasteiger partial charge < -0.3 is 68.4 Å². The molecule has 0 aromatic heterocycles. The van der Waals surface area contributed by atoms with Crippen LogP contribution in [0, 0.1) is 34.5 Å². The van der Waals surface area contributed by atoms with Crippen LogP contribution in [0.3, 0.4) is 0 Å². The summed E-state index contributed by atoms with van der Waals surface area (Å²) in [6.45, 7) is 15.3. The number of anilines is 2. The topological polar surface area (TPSA) is 361 Å². The summed E-state index contributed by atoms with van der Waals surface area (Å²) in [5.41, 5.74) is 14.7. The molecule has 0 radical (unpaired) electrons. The third-order valence-electron chi connectivity index (χ3n) is 22.0. The molecule has 23 heteroatoms. The number of nitrogens with one attached hydrogen (secondary N) is 8. The molecule has 3 aromatic rings. The predicted octanol–water partition coefficient (Wildman–Crippen LogP) is 8.15. The zero-order valence-electron chi connectivity index (χ0n) is 57.7. The smallest absolute Gasteiger partial charge is 0.408 e. The summed E-state index contributed by atoms with van der Waals surface area (Å²) in [6, 6.07) is 12.3. The lowest BCUT2D eigenvalue weighted by Gasteiger charge is -2.56. The van der Waals surface area contributed by atoms with E-state index in [1.807, 2.05) is 44.2 Å². The van der Waals surface area contributed by atoms with Gasteiger partial charge in [0.1, 0.15) is 37.1 Å². The lowest BCUT2D eigenvalue weighted by atomic mass is 9.49. The molecule has 0 heterocycles. The first kappa shape index (κ1) is 74.9. The Kier molecular flexibility index (Phi) is 25.9. The van der Waals surface area contributed by atoms with E-state index >= 15 is 0 Å². The number of phenolic OH excluding ortho intramolecular Hbond substituents is 1. The number of carbonyl (C=O) groups excluding carboxylic acids is 9. The minimum atomic E-state index is -1.39. The highest BCUT2D eigenvalue weighted by Gasteiger charge is 2.59. The Bertz CT molecular complexity index is 3330. The van der Waals surface area contributed by atoms with Crippen molar-refractivity contribution in [3.63, 3.8) is 0 Å². The fraction of sp³-hybridized carbons (Fsp3) is 0.608. The Morgan fingerprint density at radius 3 is 1.85 bits per heavy atom. The SMILES string of the molecule is C=CC1CCCCCCC1OCC(=O)NCCCC[C@@H](N)C(=O)N[C@H](C(=O)NC(CCCNC(N)=O)C(=O)Nc1ccc(COC(=O)N[C@@H](CO)C(=O)Nc2ccc3c(c2)[C@@]2(C)CCC[C@](C)(C(=O)NC(=O)[C@@]4(C)CCC[C@]5(C)c6cc(O)ccc6CC[C@@H]45)[C@@H]2CC3)cc1)C(C)C. The highest BCUT2D eigenvalue weighted by molar-refractivity contribution is 6.01. The minimum absolute atomic E-state index is 0.0145. The third-order valence-corrected chi connectivity index (χ3v) is 22.0. The van der Waals surface area contributed by atoms with Crippen molar-refractivity contribution in [3.05, 3.63) is 101 Å². The van der Waals surface area contributed by atoms with E-state index in [2.05, 4.69) is 63.0 Å². The maximum Gasteiger partial charge on any atom is 0.408 e. The second-order valence-corrected chi connectivity index (χ2v) is 29.1. The molecule has 3 fully saturated rings. The van der Waals surface area contributed by atoms with Crippen LogP contribution >= 0.6 is 0 Å². The van der Waals surface area contributed by atoms with Crippen LogP contribution in [0.5, 0.6) is 5.75 Å². The first-order chi connectivity index (χ1) is 46.2. The molecule has 3 saturated carbocycles. The van der Waals surface area contributed by atoms with Gasteiger partial charge in [0.25, 0.3) is 0 Å². The predicted molar refractivity (Wildman–Crippen MR) is 369 cm³/mol. The molecule has 23 nitrogen and oxygen atoms in total. The summed E-state index contributed by atoms with van der Waals surface area (Å²) in [7, 11) is 0. The Labute approximate surface area is 571 Å². The quantitative estimate of drug-likeness (QED) is 0.0185. The number of ether oxygens (including phenoxy) is 2. The van der Waals surface area contributed by atoms with Crippen LogP contribution in [0.25, 0.3) is 0 Å². The van der Waals surface area contributed by atoms with Gasteiger partial charge in [-0.15, -0.1) is 6.58 Å². The number of aryl methyl sites for hydroxylation is 2. The second kappa shape index (κ2) is 33.6. The van der Waals surface area contributed by atoms with E-state index < -0.39 is 88.7 Å². The number of amides is 10. The van der Waals surface area contributed by atoms with Crippen LogP contribution in [0.4, 0.5) is 21.0 Å². The molecule has 97 heavy (non-hydrogen) atoms. The van der Waals surface area contributed by atoms with Gasteiger partial charge in [0, 0.05) is 30.4 Å². The van der Waals surface area contributed by atoms with Crippen molar-refractivity contribution in [1.82, 2.24) is 31.9 Å². The number of nitrogens with two attached hydrogens (primary N) is 2. The largest absolute Gasteiger partial charge is 0.508 e. The average Bonchev–Trinajstić information content (AvgIpc) is 0.727. The summed E-state index contributed by atoms with van der Waals surface area (Å²) >= 11 is 0. The summed E-state index contributed by atoms with van der Waals surface area (Å²) in [5, 5.41) is 42.8. The summed E-state index contributed by atoms with van der Waals surface area (Å²) in [5.74, 6) is -3.29. The number of carbonyl (C=O) groups is 9.